The average molecular weight is 402 g/mol. The van der Waals surface area contributed by atoms with Gasteiger partial charge in [0.15, 0.2) is 0 Å². The second-order valence-corrected chi connectivity index (χ2v) is 9.28. The molecule has 0 saturated carbocycles. The molecule has 0 unspecified atom stereocenters. The first-order valence-corrected chi connectivity index (χ1v) is 11.1. The Bertz CT molecular complexity index is 875. The van der Waals surface area contributed by atoms with Crippen LogP contribution >= 0.6 is 0 Å². The number of aryl methyl sites for hydroxylation is 1. The fraction of sp³-hybridized carbons (Fsp3) is 0.429. The molecule has 3 rings (SSSR count). The Hall–Kier alpha value is -2.25. The Kier molecular flexibility index (Phi) is 6.80. The van der Waals surface area contributed by atoms with Crippen LogP contribution in [0.15, 0.2) is 53.7 Å². The highest BCUT2D eigenvalue weighted by atomic mass is 32.2. The van der Waals surface area contributed by atoms with Crippen molar-refractivity contribution in [3.05, 3.63) is 59.9 Å². The normalized spacial score (nSPS) is 16.0. The van der Waals surface area contributed by atoms with Crippen LogP contribution in [0.5, 0.6) is 0 Å². The topological polar surface area (TPSA) is 79.4 Å². The van der Waals surface area contributed by atoms with Gasteiger partial charge >= 0.3 is 0 Å². The first-order valence-electron chi connectivity index (χ1n) is 9.67. The van der Waals surface area contributed by atoms with Crippen molar-refractivity contribution in [1.82, 2.24) is 14.6 Å². The molecule has 7 heteroatoms. The van der Waals surface area contributed by atoms with Crippen molar-refractivity contribution in [2.24, 2.45) is 5.92 Å². The van der Waals surface area contributed by atoms with Crippen molar-refractivity contribution in [3.63, 3.8) is 0 Å². The minimum atomic E-state index is -3.42. The van der Waals surface area contributed by atoms with Crippen molar-refractivity contribution in [2.45, 2.75) is 44.0 Å². The summed E-state index contributed by atoms with van der Waals surface area (Å²) < 4.78 is 27.1. The quantitative estimate of drug-likeness (QED) is 0.774. The van der Waals surface area contributed by atoms with E-state index in [9.17, 15) is 13.2 Å². The minimum Gasteiger partial charge on any atom is -0.352 e. The van der Waals surface area contributed by atoms with Crippen LogP contribution in [0.25, 0.3) is 0 Å². The Labute approximate surface area is 167 Å². The van der Waals surface area contributed by atoms with E-state index in [0.29, 0.717) is 36.9 Å². The maximum atomic E-state index is 12.7. The molecule has 1 saturated heterocycles. The number of pyridine rings is 1. The van der Waals surface area contributed by atoms with E-state index in [-0.39, 0.29) is 5.91 Å². The number of aromatic nitrogens is 1. The van der Waals surface area contributed by atoms with E-state index in [0.717, 1.165) is 30.4 Å². The zero-order chi connectivity index (χ0) is 20.0. The predicted octanol–water partition coefficient (Wildman–Crippen LogP) is 2.89. The lowest BCUT2D eigenvalue weighted by Crippen LogP contribution is -2.38. The molecular formula is C21H27N3O3S. The van der Waals surface area contributed by atoms with E-state index < -0.39 is 10.0 Å². The van der Waals surface area contributed by atoms with Gasteiger partial charge in [0.1, 0.15) is 0 Å². The molecule has 1 N–H and O–H groups in total. The molecule has 6 nitrogen and oxygen atoms in total. The molecule has 1 aliphatic heterocycles. The third-order valence-corrected chi connectivity index (χ3v) is 7.14. The lowest BCUT2D eigenvalue weighted by Gasteiger charge is -2.31. The van der Waals surface area contributed by atoms with E-state index in [1.165, 1.54) is 0 Å². The number of nitrogens with zero attached hydrogens (tertiary/aromatic N) is 2. The maximum absolute atomic E-state index is 12.7. The Morgan fingerprint density at radius 2 is 1.89 bits per heavy atom. The van der Waals surface area contributed by atoms with Crippen LogP contribution in [0.1, 0.15) is 36.8 Å². The second-order valence-electron chi connectivity index (χ2n) is 7.34. The summed E-state index contributed by atoms with van der Waals surface area (Å²) in [4.78, 5) is 16.4. The van der Waals surface area contributed by atoms with E-state index in [4.69, 9.17) is 0 Å². The van der Waals surface area contributed by atoms with Crippen LogP contribution < -0.4 is 5.32 Å². The minimum absolute atomic E-state index is 0.0264. The molecule has 1 aliphatic rings. The predicted molar refractivity (Wildman–Crippen MR) is 108 cm³/mol. The smallest absolute Gasteiger partial charge is 0.243 e. The average Bonchev–Trinajstić information content (AvgIpc) is 2.72. The highest BCUT2D eigenvalue weighted by Gasteiger charge is 2.29. The molecule has 1 aromatic heterocycles. The molecule has 0 bridgehead atoms. The summed E-state index contributed by atoms with van der Waals surface area (Å²) in [7, 11) is -3.42. The third kappa shape index (κ3) is 5.39. The maximum Gasteiger partial charge on any atom is 0.243 e. The Morgan fingerprint density at radius 1 is 1.18 bits per heavy atom. The third-order valence-electron chi connectivity index (χ3n) is 5.22. The van der Waals surface area contributed by atoms with Crippen LogP contribution in [-0.2, 0) is 21.4 Å². The first kappa shape index (κ1) is 20.5. The number of rotatable bonds is 7. The molecule has 150 valence electrons. The SMILES string of the molecule is Cc1ccc(S(=O)(=O)N2CCC(CCC(=O)NCc3cccnc3)CC2)cc1. The lowest BCUT2D eigenvalue weighted by molar-refractivity contribution is -0.121. The summed E-state index contributed by atoms with van der Waals surface area (Å²) in [5.74, 6) is 0.409. The van der Waals surface area contributed by atoms with Crippen molar-refractivity contribution in [2.75, 3.05) is 13.1 Å². The number of hydrogen-bond donors (Lipinski definition) is 1. The zero-order valence-electron chi connectivity index (χ0n) is 16.2. The molecule has 1 fully saturated rings. The van der Waals surface area contributed by atoms with Crippen molar-refractivity contribution in [1.29, 1.82) is 0 Å². The molecule has 0 atom stereocenters. The molecule has 0 radical (unpaired) electrons. The Morgan fingerprint density at radius 3 is 2.54 bits per heavy atom. The van der Waals surface area contributed by atoms with Gasteiger partial charge < -0.3 is 5.32 Å². The standard InChI is InChI=1S/C21H27N3O3S/c1-17-4-7-20(8-5-17)28(26,27)24-13-10-18(11-14-24)6-9-21(25)23-16-19-3-2-12-22-15-19/h2-5,7-8,12,15,18H,6,9-11,13-14,16H2,1H3,(H,23,25). The van der Waals surface area contributed by atoms with Crippen LogP contribution in [0, 0.1) is 12.8 Å². The highest BCUT2D eigenvalue weighted by Crippen LogP contribution is 2.26. The largest absolute Gasteiger partial charge is 0.352 e. The Balaban J connectivity index is 1.42. The van der Waals surface area contributed by atoms with Crippen molar-refractivity contribution < 1.29 is 13.2 Å². The number of piperidine rings is 1. The number of hydrogen-bond acceptors (Lipinski definition) is 4. The molecule has 1 amide bonds. The van der Waals surface area contributed by atoms with Gasteiger partial charge in [-0.05, 0) is 55.9 Å². The molecule has 28 heavy (non-hydrogen) atoms. The van der Waals surface area contributed by atoms with Gasteiger partial charge in [-0.25, -0.2) is 8.42 Å². The van der Waals surface area contributed by atoms with Crippen molar-refractivity contribution in [3.8, 4) is 0 Å². The molecule has 2 heterocycles. The number of nitrogens with one attached hydrogen (secondary N) is 1. The second kappa shape index (κ2) is 9.30. The zero-order valence-corrected chi connectivity index (χ0v) is 17.0. The van der Waals surface area contributed by atoms with Gasteiger partial charge in [-0.15, -0.1) is 0 Å². The van der Waals surface area contributed by atoms with Crippen LogP contribution in [0.3, 0.4) is 0 Å². The van der Waals surface area contributed by atoms with E-state index in [1.54, 1.807) is 28.8 Å². The number of sulfonamides is 1. The summed E-state index contributed by atoms with van der Waals surface area (Å²) in [6.07, 6.45) is 6.29. The molecule has 0 spiro atoms. The van der Waals surface area contributed by atoms with Crippen molar-refractivity contribution >= 4 is 15.9 Å². The number of benzene rings is 1. The molecule has 1 aromatic carbocycles. The van der Waals surface area contributed by atoms with Gasteiger partial charge in [0.25, 0.3) is 0 Å². The summed E-state index contributed by atoms with van der Waals surface area (Å²) in [6, 6.07) is 10.8. The van der Waals surface area contributed by atoms with Crippen LogP contribution in [0.2, 0.25) is 0 Å². The van der Waals surface area contributed by atoms with E-state index in [1.807, 2.05) is 31.2 Å². The van der Waals surface area contributed by atoms with Gasteiger partial charge in [-0.1, -0.05) is 23.8 Å². The highest BCUT2D eigenvalue weighted by molar-refractivity contribution is 7.89. The summed E-state index contributed by atoms with van der Waals surface area (Å²) in [5.41, 5.74) is 2.02. The van der Waals surface area contributed by atoms with Crippen LogP contribution in [-0.4, -0.2) is 36.7 Å². The number of carbonyl (C=O) groups is 1. The van der Waals surface area contributed by atoms with Gasteiger partial charge in [0, 0.05) is 38.4 Å². The van der Waals surface area contributed by atoms with Gasteiger partial charge in [0.2, 0.25) is 15.9 Å². The summed E-state index contributed by atoms with van der Waals surface area (Å²) in [6.45, 7) is 3.45. The molecule has 2 aromatic rings. The lowest BCUT2D eigenvalue weighted by atomic mass is 9.93. The van der Waals surface area contributed by atoms with Gasteiger partial charge in [-0.3, -0.25) is 9.78 Å². The summed E-state index contributed by atoms with van der Waals surface area (Å²) >= 11 is 0. The fourth-order valence-electron chi connectivity index (χ4n) is 3.42. The fourth-order valence-corrected chi connectivity index (χ4v) is 4.89. The number of amides is 1. The van der Waals surface area contributed by atoms with Gasteiger partial charge in [0.05, 0.1) is 4.90 Å². The molecular weight excluding hydrogens is 374 g/mol. The number of carbonyl (C=O) groups excluding carboxylic acids is 1. The summed E-state index contributed by atoms with van der Waals surface area (Å²) in [5, 5.41) is 2.91. The van der Waals surface area contributed by atoms with E-state index >= 15 is 0 Å². The van der Waals surface area contributed by atoms with E-state index in [2.05, 4.69) is 10.3 Å². The van der Waals surface area contributed by atoms with Gasteiger partial charge in [-0.2, -0.15) is 4.31 Å². The van der Waals surface area contributed by atoms with Crippen LogP contribution in [0.4, 0.5) is 0 Å². The molecule has 0 aliphatic carbocycles. The first-order chi connectivity index (χ1) is 13.4. The monoisotopic (exact) mass is 401 g/mol.